The highest BCUT2D eigenvalue weighted by Crippen LogP contribution is 2.30. The van der Waals surface area contributed by atoms with Gasteiger partial charge in [-0.15, -0.1) is 11.3 Å². The third-order valence-corrected chi connectivity index (χ3v) is 5.25. The van der Waals surface area contributed by atoms with Crippen LogP contribution in [0.1, 0.15) is 22.7 Å². The lowest BCUT2D eigenvalue weighted by atomic mass is 10.2. The molecule has 0 bridgehead atoms. The molecule has 0 radical (unpaired) electrons. The fraction of sp³-hybridized carbons (Fsp3) is 0.231. The van der Waals surface area contributed by atoms with E-state index in [0.717, 1.165) is 4.88 Å². The molecule has 0 amide bonds. The van der Waals surface area contributed by atoms with E-state index in [1.165, 1.54) is 23.1 Å². The first kappa shape index (κ1) is 15.3. The molecule has 0 aliphatic heterocycles. The molecule has 2 aromatic rings. The summed E-state index contributed by atoms with van der Waals surface area (Å²) < 4.78 is 22.7. The Labute approximate surface area is 127 Å². The highest BCUT2D eigenvalue weighted by Gasteiger charge is 2.13. The zero-order valence-electron chi connectivity index (χ0n) is 11.1. The monoisotopic (exact) mass is 330 g/mol. The van der Waals surface area contributed by atoms with Gasteiger partial charge in [0.2, 0.25) is 10.0 Å². The minimum Gasteiger partial charge on any atom is -0.376 e. The molecule has 1 aromatic carbocycles. The SMILES string of the molecule is Cc1ccc(C(C)Nc2cc(S(N)(=O)=O)ccc2Cl)s1. The summed E-state index contributed by atoms with van der Waals surface area (Å²) in [5, 5.41) is 8.79. The van der Waals surface area contributed by atoms with Gasteiger partial charge < -0.3 is 5.32 Å². The highest BCUT2D eigenvalue weighted by atomic mass is 35.5. The zero-order valence-corrected chi connectivity index (χ0v) is 13.4. The van der Waals surface area contributed by atoms with E-state index < -0.39 is 10.0 Å². The molecule has 0 fully saturated rings. The fourth-order valence-electron chi connectivity index (χ4n) is 1.78. The standard InChI is InChI=1S/C13H15ClN2O2S2/c1-8-3-6-13(19-8)9(2)16-12-7-10(20(15,17)18)4-5-11(12)14/h3-7,9,16H,1-2H3,(H2,15,17,18). The van der Waals surface area contributed by atoms with Crippen molar-refractivity contribution in [3.05, 3.63) is 45.1 Å². The molecule has 4 nitrogen and oxygen atoms in total. The second kappa shape index (κ2) is 5.73. The molecule has 0 aliphatic rings. The van der Waals surface area contributed by atoms with Crippen molar-refractivity contribution >= 4 is 38.6 Å². The molecule has 108 valence electrons. The maximum atomic E-state index is 11.4. The van der Waals surface area contributed by atoms with Gasteiger partial charge >= 0.3 is 0 Å². The van der Waals surface area contributed by atoms with Gasteiger partial charge in [0.25, 0.3) is 0 Å². The van der Waals surface area contributed by atoms with Crippen LogP contribution in [0.15, 0.2) is 35.2 Å². The van der Waals surface area contributed by atoms with E-state index in [9.17, 15) is 8.42 Å². The number of hydrogen-bond acceptors (Lipinski definition) is 4. The zero-order chi connectivity index (χ0) is 14.9. The first-order chi connectivity index (χ1) is 9.27. The lowest BCUT2D eigenvalue weighted by Gasteiger charge is -2.15. The van der Waals surface area contributed by atoms with Gasteiger partial charge in [0.1, 0.15) is 0 Å². The van der Waals surface area contributed by atoms with E-state index >= 15 is 0 Å². The lowest BCUT2D eigenvalue weighted by Crippen LogP contribution is -2.13. The topological polar surface area (TPSA) is 72.2 Å². The average Bonchev–Trinajstić information content (AvgIpc) is 2.77. The first-order valence-corrected chi connectivity index (χ1v) is 8.66. The molecule has 1 heterocycles. The highest BCUT2D eigenvalue weighted by molar-refractivity contribution is 7.89. The molecule has 20 heavy (non-hydrogen) atoms. The number of halogens is 1. The second-order valence-corrected chi connectivity index (χ2v) is 7.79. The van der Waals surface area contributed by atoms with E-state index in [1.54, 1.807) is 11.3 Å². The van der Waals surface area contributed by atoms with Crippen molar-refractivity contribution in [1.29, 1.82) is 0 Å². The predicted octanol–water partition coefficient (Wildman–Crippen LogP) is 3.53. The summed E-state index contributed by atoms with van der Waals surface area (Å²) >= 11 is 7.77. The summed E-state index contributed by atoms with van der Waals surface area (Å²) in [6, 6.07) is 8.48. The van der Waals surface area contributed by atoms with E-state index in [2.05, 4.69) is 5.32 Å². The third-order valence-electron chi connectivity index (χ3n) is 2.83. The molecule has 7 heteroatoms. The summed E-state index contributed by atoms with van der Waals surface area (Å²) in [5.74, 6) is 0. The van der Waals surface area contributed by atoms with Crippen molar-refractivity contribution in [2.24, 2.45) is 5.14 Å². The number of anilines is 1. The Hall–Kier alpha value is -1.08. The third kappa shape index (κ3) is 3.52. The Kier molecular flexibility index (Phi) is 4.39. The number of hydrogen-bond donors (Lipinski definition) is 2. The number of thiophene rings is 1. The van der Waals surface area contributed by atoms with Gasteiger partial charge in [-0.05, 0) is 44.2 Å². The summed E-state index contributed by atoms with van der Waals surface area (Å²) in [5.41, 5.74) is 0.553. The van der Waals surface area contributed by atoms with E-state index in [1.807, 2.05) is 26.0 Å². The lowest BCUT2D eigenvalue weighted by molar-refractivity contribution is 0.598. The van der Waals surface area contributed by atoms with Gasteiger partial charge in [0, 0.05) is 9.75 Å². The Bertz CT molecular complexity index is 726. The number of aryl methyl sites for hydroxylation is 1. The van der Waals surface area contributed by atoms with Gasteiger partial charge in [-0.3, -0.25) is 0 Å². The summed E-state index contributed by atoms with van der Waals surface area (Å²) in [7, 11) is -3.73. The maximum absolute atomic E-state index is 11.4. The van der Waals surface area contributed by atoms with Gasteiger partial charge in [-0.2, -0.15) is 0 Å². The summed E-state index contributed by atoms with van der Waals surface area (Å²) in [6.45, 7) is 4.03. The van der Waals surface area contributed by atoms with Crippen molar-refractivity contribution in [3.8, 4) is 0 Å². The van der Waals surface area contributed by atoms with Crippen molar-refractivity contribution in [3.63, 3.8) is 0 Å². The minimum absolute atomic E-state index is 0.0296. The smallest absolute Gasteiger partial charge is 0.238 e. The van der Waals surface area contributed by atoms with Crippen molar-refractivity contribution in [2.45, 2.75) is 24.8 Å². The molecule has 3 N–H and O–H groups in total. The summed E-state index contributed by atoms with van der Waals surface area (Å²) in [6.07, 6.45) is 0. The molecule has 1 unspecified atom stereocenters. The van der Waals surface area contributed by atoms with Crippen LogP contribution in [0.2, 0.25) is 5.02 Å². The van der Waals surface area contributed by atoms with Gasteiger partial charge in [-0.25, -0.2) is 13.6 Å². The molecular formula is C13H15ClN2O2S2. The van der Waals surface area contributed by atoms with Crippen molar-refractivity contribution in [2.75, 3.05) is 5.32 Å². The molecule has 1 atom stereocenters. The van der Waals surface area contributed by atoms with E-state index in [-0.39, 0.29) is 10.9 Å². The van der Waals surface area contributed by atoms with Crippen LogP contribution in [0, 0.1) is 6.92 Å². The van der Waals surface area contributed by atoms with Crippen LogP contribution >= 0.6 is 22.9 Å². The number of nitrogens with one attached hydrogen (secondary N) is 1. The minimum atomic E-state index is -3.73. The predicted molar refractivity (Wildman–Crippen MR) is 83.9 cm³/mol. The van der Waals surface area contributed by atoms with Crippen LogP contribution in [-0.2, 0) is 10.0 Å². The number of rotatable bonds is 4. The Morgan fingerprint density at radius 1 is 1.30 bits per heavy atom. The maximum Gasteiger partial charge on any atom is 0.238 e. The fourth-order valence-corrected chi connectivity index (χ4v) is 3.37. The Morgan fingerprint density at radius 2 is 2.00 bits per heavy atom. The normalized spacial score (nSPS) is 13.2. The molecule has 0 aliphatic carbocycles. The van der Waals surface area contributed by atoms with Crippen LogP contribution in [-0.4, -0.2) is 8.42 Å². The summed E-state index contributed by atoms with van der Waals surface area (Å²) in [4.78, 5) is 2.41. The largest absolute Gasteiger partial charge is 0.376 e. The van der Waals surface area contributed by atoms with Crippen LogP contribution in [0.5, 0.6) is 0 Å². The van der Waals surface area contributed by atoms with Crippen molar-refractivity contribution < 1.29 is 8.42 Å². The molecule has 0 spiro atoms. The number of nitrogens with two attached hydrogens (primary N) is 1. The molecule has 1 aromatic heterocycles. The Morgan fingerprint density at radius 3 is 2.55 bits per heavy atom. The van der Waals surface area contributed by atoms with Crippen LogP contribution in [0.3, 0.4) is 0 Å². The second-order valence-electron chi connectivity index (χ2n) is 4.50. The van der Waals surface area contributed by atoms with E-state index in [0.29, 0.717) is 10.7 Å². The number of benzene rings is 1. The average molecular weight is 331 g/mol. The number of primary sulfonamides is 1. The molecule has 2 rings (SSSR count). The van der Waals surface area contributed by atoms with Gasteiger partial charge in [-0.1, -0.05) is 11.6 Å². The molecular weight excluding hydrogens is 316 g/mol. The van der Waals surface area contributed by atoms with Crippen LogP contribution in [0.4, 0.5) is 5.69 Å². The van der Waals surface area contributed by atoms with Crippen LogP contribution < -0.4 is 10.5 Å². The Balaban J connectivity index is 2.29. The van der Waals surface area contributed by atoms with Gasteiger partial charge in [0.05, 0.1) is 21.6 Å². The number of sulfonamides is 1. The van der Waals surface area contributed by atoms with E-state index in [4.69, 9.17) is 16.7 Å². The molecule has 0 saturated carbocycles. The van der Waals surface area contributed by atoms with Crippen LogP contribution in [0.25, 0.3) is 0 Å². The molecule has 0 saturated heterocycles. The van der Waals surface area contributed by atoms with Crippen molar-refractivity contribution in [1.82, 2.24) is 0 Å². The van der Waals surface area contributed by atoms with Gasteiger partial charge in [0.15, 0.2) is 0 Å². The first-order valence-electron chi connectivity index (χ1n) is 5.92. The quantitative estimate of drug-likeness (QED) is 0.900.